The zero-order chi connectivity index (χ0) is 22.0. The lowest BCUT2D eigenvalue weighted by atomic mass is 10.0. The van der Waals surface area contributed by atoms with E-state index in [1.54, 1.807) is 23.0 Å². The third-order valence-corrected chi connectivity index (χ3v) is 6.84. The first kappa shape index (κ1) is 21.7. The molecule has 0 aromatic carbocycles. The summed E-state index contributed by atoms with van der Waals surface area (Å²) in [7, 11) is 1.64. The van der Waals surface area contributed by atoms with Gasteiger partial charge in [-0.1, -0.05) is 6.07 Å². The monoisotopic (exact) mass is 446 g/mol. The van der Waals surface area contributed by atoms with Gasteiger partial charge in [0.05, 0.1) is 26.3 Å². The summed E-state index contributed by atoms with van der Waals surface area (Å²) in [6, 6.07) is 3.72. The van der Waals surface area contributed by atoms with Crippen molar-refractivity contribution in [1.29, 1.82) is 0 Å². The predicted molar refractivity (Wildman–Crippen MR) is 115 cm³/mol. The van der Waals surface area contributed by atoms with Crippen molar-refractivity contribution in [3.63, 3.8) is 0 Å². The molecule has 1 N–H and O–H groups in total. The SMILES string of the molecule is CN(CCO)C(=O)c1sc2ncccc2c1[C@@H]1CN(C(=O)CN2CCCC2=O)CCO1. The molecule has 2 aliphatic heterocycles. The Morgan fingerprint density at radius 2 is 2.23 bits per heavy atom. The zero-order valence-corrected chi connectivity index (χ0v) is 18.3. The molecule has 0 aliphatic carbocycles. The highest BCUT2D eigenvalue weighted by atomic mass is 32.1. The molecule has 2 aromatic rings. The third-order valence-electron chi connectivity index (χ3n) is 5.72. The van der Waals surface area contributed by atoms with Crippen molar-refractivity contribution >= 4 is 39.3 Å². The lowest BCUT2D eigenvalue weighted by Gasteiger charge is -2.34. The summed E-state index contributed by atoms with van der Waals surface area (Å²) in [4.78, 5) is 48.2. The molecule has 31 heavy (non-hydrogen) atoms. The number of carbonyl (C=O) groups is 3. The molecular weight excluding hydrogens is 420 g/mol. The molecule has 0 saturated carbocycles. The van der Waals surface area contributed by atoms with Crippen LogP contribution in [0.1, 0.15) is 34.2 Å². The van der Waals surface area contributed by atoms with Crippen LogP contribution in [0.2, 0.25) is 0 Å². The van der Waals surface area contributed by atoms with Crippen LogP contribution in [0.15, 0.2) is 18.3 Å². The van der Waals surface area contributed by atoms with Crippen molar-refractivity contribution in [3.8, 4) is 0 Å². The minimum Gasteiger partial charge on any atom is -0.395 e. The molecule has 2 fully saturated rings. The van der Waals surface area contributed by atoms with E-state index in [1.807, 2.05) is 12.1 Å². The molecular formula is C21H26N4O5S. The Morgan fingerprint density at radius 1 is 1.39 bits per heavy atom. The Kier molecular flexibility index (Phi) is 6.49. The van der Waals surface area contributed by atoms with Gasteiger partial charge in [-0.25, -0.2) is 4.98 Å². The number of likely N-dealkylation sites (N-methyl/N-ethyl adjacent to an activating group) is 1. The van der Waals surface area contributed by atoms with Gasteiger partial charge in [-0.15, -0.1) is 11.3 Å². The van der Waals surface area contributed by atoms with Gasteiger partial charge in [0.1, 0.15) is 15.8 Å². The van der Waals surface area contributed by atoms with Gasteiger partial charge < -0.3 is 24.5 Å². The number of likely N-dealkylation sites (tertiary alicyclic amines) is 1. The van der Waals surface area contributed by atoms with Crippen molar-refractivity contribution < 1.29 is 24.2 Å². The highest BCUT2D eigenvalue weighted by molar-refractivity contribution is 7.20. The zero-order valence-electron chi connectivity index (χ0n) is 17.5. The Morgan fingerprint density at radius 3 is 2.97 bits per heavy atom. The maximum Gasteiger partial charge on any atom is 0.264 e. The van der Waals surface area contributed by atoms with E-state index in [0.29, 0.717) is 37.5 Å². The minimum absolute atomic E-state index is 0.0212. The molecule has 4 rings (SSSR count). The van der Waals surface area contributed by atoms with Gasteiger partial charge in [-0.2, -0.15) is 0 Å². The number of carbonyl (C=O) groups excluding carboxylic acids is 3. The normalized spacial score (nSPS) is 19.3. The van der Waals surface area contributed by atoms with E-state index in [4.69, 9.17) is 4.74 Å². The molecule has 9 nitrogen and oxygen atoms in total. The lowest BCUT2D eigenvalue weighted by Crippen LogP contribution is -2.47. The van der Waals surface area contributed by atoms with Crippen LogP contribution in [0.4, 0.5) is 0 Å². The van der Waals surface area contributed by atoms with Crippen LogP contribution in [-0.4, -0.2) is 95.5 Å². The van der Waals surface area contributed by atoms with E-state index in [0.717, 1.165) is 22.2 Å². The van der Waals surface area contributed by atoms with E-state index >= 15 is 0 Å². The number of ether oxygens (including phenoxy) is 1. The number of aliphatic hydroxyl groups is 1. The van der Waals surface area contributed by atoms with Crippen molar-refractivity contribution in [2.24, 2.45) is 0 Å². The molecule has 0 bridgehead atoms. The summed E-state index contributed by atoms with van der Waals surface area (Å²) in [6.45, 7) is 1.91. The first-order valence-corrected chi connectivity index (χ1v) is 11.2. The second-order valence-corrected chi connectivity index (χ2v) is 8.77. The quantitative estimate of drug-likeness (QED) is 0.707. The van der Waals surface area contributed by atoms with E-state index in [9.17, 15) is 19.5 Å². The molecule has 3 amide bonds. The van der Waals surface area contributed by atoms with Gasteiger partial charge in [-0.05, 0) is 12.5 Å². The van der Waals surface area contributed by atoms with Gasteiger partial charge in [0.25, 0.3) is 5.91 Å². The number of hydrogen-bond acceptors (Lipinski definition) is 7. The largest absolute Gasteiger partial charge is 0.395 e. The Balaban J connectivity index is 1.59. The number of thiophene rings is 1. The van der Waals surface area contributed by atoms with Crippen LogP contribution in [0.25, 0.3) is 10.2 Å². The van der Waals surface area contributed by atoms with Crippen LogP contribution in [0.3, 0.4) is 0 Å². The van der Waals surface area contributed by atoms with Gasteiger partial charge in [-0.3, -0.25) is 14.4 Å². The second-order valence-electron chi connectivity index (χ2n) is 7.77. The molecule has 166 valence electrons. The van der Waals surface area contributed by atoms with E-state index in [-0.39, 0.29) is 37.4 Å². The topological polar surface area (TPSA) is 103 Å². The molecule has 10 heteroatoms. The molecule has 0 radical (unpaired) electrons. The molecule has 0 unspecified atom stereocenters. The minimum atomic E-state index is -0.466. The second kappa shape index (κ2) is 9.29. The molecule has 2 aromatic heterocycles. The predicted octanol–water partition coefficient (Wildman–Crippen LogP) is 0.883. The van der Waals surface area contributed by atoms with Gasteiger partial charge in [0, 0.05) is 50.2 Å². The van der Waals surface area contributed by atoms with Crippen LogP contribution >= 0.6 is 11.3 Å². The van der Waals surface area contributed by atoms with E-state index < -0.39 is 6.10 Å². The third kappa shape index (κ3) is 4.41. The highest BCUT2D eigenvalue weighted by Gasteiger charge is 2.33. The fraction of sp³-hybridized carbons (Fsp3) is 0.524. The molecule has 2 saturated heterocycles. The average molecular weight is 447 g/mol. The van der Waals surface area contributed by atoms with Crippen LogP contribution in [-0.2, 0) is 14.3 Å². The van der Waals surface area contributed by atoms with Crippen molar-refractivity contribution in [3.05, 3.63) is 28.8 Å². The number of nitrogens with zero attached hydrogens (tertiary/aromatic N) is 4. The average Bonchev–Trinajstić information content (AvgIpc) is 3.36. The van der Waals surface area contributed by atoms with Crippen molar-refractivity contribution in [1.82, 2.24) is 19.7 Å². The van der Waals surface area contributed by atoms with E-state index in [1.165, 1.54) is 16.2 Å². The van der Waals surface area contributed by atoms with Crippen LogP contribution in [0, 0.1) is 0 Å². The number of pyridine rings is 1. The standard InChI is InChI=1S/C21H26N4O5S/c1-23(8-10-26)21(29)19-18(14-4-2-6-22-20(14)31-19)15-12-25(9-11-30-15)17(28)13-24-7-3-5-16(24)27/h2,4,6,15,26H,3,5,7-13H2,1H3/t15-/m0/s1. The number of aromatic nitrogens is 1. The van der Waals surface area contributed by atoms with E-state index in [2.05, 4.69) is 4.98 Å². The summed E-state index contributed by atoms with van der Waals surface area (Å²) >= 11 is 1.30. The van der Waals surface area contributed by atoms with Crippen molar-refractivity contribution in [2.45, 2.75) is 18.9 Å². The van der Waals surface area contributed by atoms with Gasteiger partial charge in [0.15, 0.2) is 0 Å². The first-order valence-electron chi connectivity index (χ1n) is 10.4. The number of fused-ring (bicyclic) bond motifs is 1. The Hall–Kier alpha value is -2.56. The van der Waals surface area contributed by atoms with Crippen molar-refractivity contribution in [2.75, 3.05) is 53.0 Å². The summed E-state index contributed by atoms with van der Waals surface area (Å²) in [5, 5.41) is 10.1. The number of hydrogen-bond donors (Lipinski definition) is 1. The lowest BCUT2D eigenvalue weighted by molar-refractivity contribution is -0.143. The molecule has 2 aliphatic rings. The fourth-order valence-corrected chi connectivity index (χ4v) is 5.23. The fourth-order valence-electron chi connectivity index (χ4n) is 4.04. The Labute approximate surface area is 184 Å². The van der Waals surface area contributed by atoms with Gasteiger partial charge in [0.2, 0.25) is 11.8 Å². The summed E-state index contributed by atoms with van der Waals surface area (Å²) in [5.41, 5.74) is 0.734. The number of morpholine rings is 1. The first-order chi connectivity index (χ1) is 15.0. The molecule has 4 heterocycles. The summed E-state index contributed by atoms with van der Waals surface area (Å²) < 4.78 is 6.02. The smallest absolute Gasteiger partial charge is 0.264 e. The maximum atomic E-state index is 13.1. The maximum absolute atomic E-state index is 13.1. The van der Waals surface area contributed by atoms with Gasteiger partial charge >= 0.3 is 0 Å². The highest BCUT2D eigenvalue weighted by Crippen LogP contribution is 2.38. The summed E-state index contributed by atoms with van der Waals surface area (Å²) in [6.07, 6.45) is 2.50. The number of amides is 3. The summed E-state index contributed by atoms with van der Waals surface area (Å²) in [5.74, 6) is -0.291. The number of aliphatic hydroxyl groups excluding tert-OH is 1. The van der Waals surface area contributed by atoms with Crippen LogP contribution in [0.5, 0.6) is 0 Å². The van der Waals surface area contributed by atoms with Crippen LogP contribution < -0.4 is 0 Å². The number of rotatable bonds is 6. The molecule has 1 atom stereocenters. The Bertz CT molecular complexity index is 993. The molecule has 0 spiro atoms.